The van der Waals surface area contributed by atoms with Crippen molar-refractivity contribution in [3.8, 4) is 0 Å². The predicted molar refractivity (Wildman–Crippen MR) is 93.6 cm³/mol. The molecule has 0 amide bonds. The number of anilines is 1. The number of nitrogens with one attached hydrogen (secondary N) is 2. The van der Waals surface area contributed by atoms with Crippen LogP contribution < -0.4 is 16.8 Å². The number of hydrogen-bond acceptors (Lipinski definition) is 8. The molecular formula is C15H21N7O3. The summed E-state index contributed by atoms with van der Waals surface area (Å²) in [5.74, 6) is 0.569. The minimum Gasteiger partial charge on any atom is -0.409 e. The molecule has 2 aromatic heterocycles. The molecule has 0 aliphatic carbocycles. The maximum absolute atomic E-state index is 9.09. The zero-order valence-electron chi connectivity index (χ0n) is 13.4. The standard InChI is InChI=1S/C9H14N4O3.C6H7N3/c10-9(13-16)6-1-2-8(11-3-6)12-4-7(15)5-14;7-6(8)5-2-1-3-9-4-5/h1-3,7,14-16H,4-5H2,(H2,10,13)(H,11,12);1-4H,(H3,7,8). The van der Waals surface area contributed by atoms with Gasteiger partial charge in [-0.3, -0.25) is 10.4 Å². The van der Waals surface area contributed by atoms with Crippen molar-refractivity contribution in [1.82, 2.24) is 9.97 Å². The van der Waals surface area contributed by atoms with Crippen molar-refractivity contribution in [2.24, 2.45) is 16.6 Å². The molecule has 0 aliphatic rings. The second-order valence-corrected chi connectivity index (χ2v) is 4.79. The Hall–Kier alpha value is -3.24. The summed E-state index contributed by atoms with van der Waals surface area (Å²) < 4.78 is 0. The lowest BCUT2D eigenvalue weighted by atomic mass is 10.2. The third-order valence-corrected chi connectivity index (χ3v) is 2.87. The van der Waals surface area contributed by atoms with E-state index in [4.69, 9.17) is 32.3 Å². The average Bonchev–Trinajstić information content (AvgIpc) is 2.67. The van der Waals surface area contributed by atoms with Gasteiger partial charge < -0.3 is 32.2 Å². The number of aromatic nitrogens is 2. The van der Waals surface area contributed by atoms with E-state index in [-0.39, 0.29) is 24.8 Å². The van der Waals surface area contributed by atoms with Gasteiger partial charge in [0.2, 0.25) is 0 Å². The molecule has 0 bridgehead atoms. The van der Waals surface area contributed by atoms with Crippen LogP contribution in [0.4, 0.5) is 5.82 Å². The van der Waals surface area contributed by atoms with Crippen molar-refractivity contribution in [2.75, 3.05) is 18.5 Å². The number of nitrogens with two attached hydrogens (primary N) is 2. The fraction of sp³-hybridized carbons (Fsp3) is 0.200. The Morgan fingerprint density at radius 1 is 1.24 bits per heavy atom. The maximum Gasteiger partial charge on any atom is 0.171 e. The van der Waals surface area contributed by atoms with Gasteiger partial charge in [-0.25, -0.2) is 4.98 Å². The molecule has 10 heteroatoms. The quantitative estimate of drug-likeness (QED) is 0.155. The van der Waals surface area contributed by atoms with Gasteiger partial charge in [-0.15, -0.1) is 0 Å². The van der Waals surface area contributed by atoms with Gasteiger partial charge >= 0.3 is 0 Å². The number of amidine groups is 2. The van der Waals surface area contributed by atoms with Crippen molar-refractivity contribution >= 4 is 17.5 Å². The van der Waals surface area contributed by atoms with Crippen LogP contribution in [0.3, 0.4) is 0 Å². The van der Waals surface area contributed by atoms with Crippen LogP contribution in [0.5, 0.6) is 0 Å². The lowest BCUT2D eigenvalue weighted by Crippen LogP contribution is -2.23. The van der Waals surface area contributed by atoms with Crippen molar-refractivity contribution in [3.63, 3.8) is 0 Å². The van der Waals surface area contributed by atoms with Crippen LogP contribution in [-0.2, 0) is 0 Å². The molecule has 0 aromatic carbocycles. The van der Waals surface area contributed by atoms with E-state index in [2.05, 4.69) is 20.4 Å². The van der Waals surface area contributed by atoms with E-state index in [0.29, 0.717) is 16.9 Å². The summed E-state index contributed by atoms with van der Waals surface area (Å²) in [4.78, 5) is 7.76. The highest BCUT2D eigenvalue weighted by atomic mass is 16.4. The Labute approximate surface area is 144 Å². The van der Waals surface area contributed by atoms with E-state index in [1.807, 2.05) is 0 Å². The molecule has 0 saturated heterocycles. The lowest BCUT2D eigenvalue weighted by molar-refractivity contribution is 0.105. The number of nitrogens with zero attached hydrogens (tertiary/aromatic N) is 3. The molecule has 2 heterocycles. The van der Waals surface area contributed by atoms with Gasteiger partial charge in [0.15, 0.2) is 5.84 Å². The molecular weight excluding hydrogens is 326 g/mol. The van der Waals surface area contributed by atoms with Gasteiger partial charge in [0, 0.05) is 36.3 Å². The predicted octanol–water partition coefficient (Wildman–Crippen LogP) is -0.693. The summed E-state index contributed by atoms with van der Waals surface area (Å²) in [6, 6.07) is 6.74. The van der Waals surface area contributed by atoms with Crippen LogP contribution in [0.2, 0.25) is 0 Å². The average molecular weight is 347 g/mol. The van der Waals surface area contributed by atoms with E-state index >= 15 is 0 Å². The molecule has 134 valence electrons. The molecule has 2 aromatic rings. The van der Waals surface area contributed by atoms with Crippen molar-refractivity contribution in [2.45, 2.75) is 6.10 Å². The van der Waals surface area contributed by atoms with Crippen LogP contribution >= 0.6 is 0 Å². The summed E-state index contributed by atoms with van der Waals surface area (Å²) in [7, 11) is 0. The summed E-state index contributed by atoms with van der Waals surface area (Å²) in [5, 5.41) is 38.7. The molecule has 9 N–H and O–H groups in total. The first-order valence-electron chi connectivity index (χ1n) is 7.19. The summed E-state index contributed by atoms with van der Waals surface area (Å²) in [5.41, 5.74) is 11.7. The van der Waals surface area contributed by atoms with Crippen LogP contribution in [0.25, 0.3) is 0 Å². The number of oxime groups is 1. The summed E-state index contributed by atoms with van der Waals surface area (Å²) in [6.07, 6.45) is 3.81. The minimum atomic E-state index is -0.828. The maximum atomic E-state index is 9.09. The van der Waals surface area contributed by atoms with Crippen molar-refractivity contribution in [3.05, 3.63) is 54.0 Å². The Morgan fingerprint density at radius 2 is 2.00 bits per heavy atom. The smallest absolute Gasteiger partial charge is 0.171 e. The Balaban J connectivity index is 0.000000293. The normalized spacial score (nSPS) is 11.8. The molecule has 0 spiro atoms. The van der Waals surface area contributed by atoms with Crippen LogP contribution in [-0.4, -0.2) is 56.3 Å². The van der Waals surface area contributed by atoms with Crippen LogP contribution in [0.15, 0.2) is 48.0 Å². The number of nitrogen functional groups attached to an aromatic ring is 1. The highest BCUT2D eigenvalue weighted by Crippen LogP contribution is 2.04. The fourth-order valence-corrected chi connectivity index (χ4v) is 1.52. The first kappa shape index (κ1) is 19.8. The lowest BCUT2D eigenvalue weighted by Gasteiger charge is -2.09. The number of hydrogen-bond donors (Lipinski definition) is 7. The Bertz CT molecular complexity index is 677. The molecule has 0 fully saturated rings. The molecule has 0 aliphatic heterocycles. The first-order valence-corrected chi connectivity index (χ1v) is 7.19. The van der Waals surface area contributed by atoms with Crippen molar-refractivity contribution < 1.29 is 15.4 Å². The van der Waals surface area contributed by atoms with E-state index in [1.54, 1.807) is 36.7 Å². The van der Waals surface area contributed by atoms with Gasteiger partial charge in [-0.2, -0.15) is 0 Å². The number of rotatable bonds is 6. The molecule has 2 rings (SSSR count). The Kier molecular flexibility index (Phi) is 8.33. The molecule has 1 atom stereocenters. The molecule has 0 saturated carbocycles. The second-order valence-electron chi connectivity index (χ2n) is 4.79. The van der Waals surface area contributed by atoms with E-state index in [0.717, 1.165) is 0 Å². The zero-order chi connectivity index (χ0) is 18.7. The summed E-state index contributed by atoms with van der Waals surface area (Å²) in [6.45, 7) is -0.110. The van der Waals surface area contributed by atoms with E-state index in [9.17, 15) is 0 Å². The van der Waals surface area contributed by atoms with E-state index in [1.165, 1.54) is 6.20 Å². The first-order chi connectivity index (χ1) is 12.0. The van der Waals surface area contributed by atoms with Gasteiger partial charge in [0.05, 0.1) is 12.7 Å². The van der Waals surface area contributed by atoms with E-state index < -0.39 is 6.10 Å². The highest BCUT2D eigenvalue weighted by Gasteiger charge is 2.03. The number of aliphatic hydroxyl groups is 2. The minimum absolute atomic E-state index is 0.0190. The third-order valence-electron chi connectivity index (χ3n) is 2.87. The number of aliphatic hydroxyl groups excluding tert-OH is 2. The summed E-state index contributed by atoms with van der Waals surface area (Å²) >= 11 is 0. The number of pyridine rings is 2. The molecule has 1 unspecified atom stereocenters. The topological polar surface area (TPSA) is 187 Å². The third kappa shape index (κ3) is 7.24. The molecule has 25 heavy (non-hydrogen) atoms. The monoisotopic (exact) mass is 347 g/mol. The molecule has 0 radical (unpaired) electrons. The molecule has 10 nitrogen and oxygen atoms in total. The second kappa shape index (κ2) is 10.5. The van der Waals surface area contributed by atoms with Gasteiger partial charge in [0.25, 0.3) is 0 Å². The van der Waals surface area contributed by atoms with Gasteiger partial charge in [-0.05, 0) is 24.3 Å². The Morgan fingerprint density at radius 3 is 2.44 bits per heavy atom. The van der Waals surface area contributed by atoms with Crippen LogP contribution in [0, 0.1) is 5.41 Å². The highest BCUT2D eigenvalue weighted by molar-refractivity contribution is 5.96. The largest absolute Gasteiger partial charge is 0.409 e. The zero-order valence-corrected chi connectivity index (χ0v) is 13.4. The van der Waals surface area contributed by atoms with Gasteiger partial charge in [-0.1, -0.05) is 5.16 Å². The SMILES string of the molecule is N=C(N)c1cccnc1.NC(=NO)c1ccc(NCC(O)CO)nc1. The van der Waals surface area contributed by atoms with Crippen LogP contribution in [0.1, 0.15) is 11.1 Å². The van der Waals surface area contributed by atoms with Gasteiger partial charge in [0.1, 0.15) is 11.7 Å². The van der Waals surface area contributed by atoms with Crippen molar-refractivity contribution in [1.29, 1.82) is 5.41 Å². The fourth-order valence-electron chi connectivity index (χ4n) is 1.52.